The molecule has 2 nitrogen and oxygen atoms in total. The maximum atomic E-state index is 14.2. The molecule has 3 rings (SSSR count). The van der Waals surface area contributed by atoms with Crippen LogP contribution in [0.25, 0.3) is 0 Å². The van der Waals surface area contributed by atoms with Crippen molar-refractivity contribution < 1.29 is 18.0 Å². The fourth-order valence-corrected chi connectivity index (χ4v) is 3.21. The zero-order valence-corrected chi connectivity index (χ0v) is 11.1. The van der Waals surface area contributed by atoms with Crippen LogP contribution in [-0.2, 0) is 10.4 Å². The van der Waals surface area contributed by atoms with E-state index in [1.54, 1.807) is 13.0 Å². The van der Waals surface area contributed by atoms with Crippen molar-refractivity contribution in [1.29, 1.82) is 0 Å². The number of hydrogen-bond acceptors (Lipinski definition) is 2. The molecule has 1 saturated heterocycles. The van der Waals surface area contributed by atoms with Gasteiger partial charge in [-0.05, 0) is 31.0 Å². The Hall–Kier alpha value is -0.590. The fourth-order valence-electron chi connectivity index (χ4n) is 2.64. The molecule has 2 fully saturated rings. The molecule has 0 spiro atoms. The van der Waals surface area contributed by atoms with Crippen LogP contribution in [0.1, 0.15) is 17.5 Å². The van der Waals surface area contributed by atoms with Gasteiger partial charge in [-0.2, -0.15) is 5.48 Å². The summed E-state index contributed by atoms with van der Waals surface area (Å²) in [6, 6.07) is 2.98. The number of aryl methyl sites for hydroxylation is 1. The number of fused-ring (bicyclic) bond motifs is 1. The molecule has 0 unspecified atom stereocenters. The van der Waals surface area contributed by atoms with Crippen LogP contribution in [-0.4, -0.2) is 12.5 Å². The molecular weight excluding hydrogens is 311 g/mol. The van der Waals surface area contributed by atoms with Crippen LogP contribution in [0.3, 0.4) is 0 Å². The van der Waals surface area contributed by atoms with Gasteiger partial charge in [0.25, 0.3) is 6.43 Å². The second-order valence-corrected chi connectivity index (χ2v) is 5.77. The highest BCUT2D eigenvalue weighted by Gasteiger charge is 2.66. The van der Waals surface area contributed by atoms with Gasteiger partial charge < -0.3 is 0 Å². The molecular formula is C12H11BrF3NO. The molecule has 0 radical (unpaired) electrons. The van der Waals surface area contributed by atoms with E-state index in [0.29, 0.717) is 16.5 Å². The predicted molar refractivity (Wildman–Crippen MR) is 62.6 cm³/mol. The number of nitrogens with one attached hydrogen (secondary N) is 1. The molecule has 1 aliphatic heterocycles. The third kappa shape index (κ3) is 1.55. The molecule has 1 saturated carbocycles. The van der Waals surface area contributed by atoms with E-state index in [1.807, 2.05) is 0 Å². The Balaban J connectivity index is 2.17. The van der Waals surface area contributed by atoms with Crippen LogP contribution in [0.15, 0.2) is 16.6 Å². The lowest BCUT2D eigenvalue weighted by Crippen LogP contribution is -2.47. The van der Waals surface area contributed by atoms with E-state index in [4.69, 9.17) is 4.84 Å². The van der Waals surface area contributed by atoms with E-state index >= 15 is 0 Å². The second kappa shape index (κ2) is 3.95. The monoisotopic (exact) mass is 321 g/mol. The first-order valence-electron chi connectivity index (χ1n) is 5.64. The molecule has 1 N–H and O–H groups in total. The van der Waals surface area contributed by atoms with Gasteiger partial charge >= 0.3 is 0 Å². The van der Waals surface area contributed by atoms with Gasteiger partial charge in [-0.15, -0.1) is 0 Å². The lowest BCUT2D eigenvalue weighted by atomic mass is 9.85. The molecule has 1 heterocycles. The molecule has 1 aromatic rings. The summed E-state index contributed by atoms with van der Waals surface area (Å²) in [6.07, 6.45) is -2.40. The number of rotatable bonds is 2. The van der Waals surface area contributed by atoms with E-state index in [1.165, 1.54) is 6.07 Å². The highest BCUT2D eigenvalue weighted by molar-refractivity contribution is 9.10. The molecule has 98 valence electrons. The number of benzene rings is 1. The molecule has 2 aliphatic rings. The SMILES string of the molecule is Cc1cc(Br)cc([C@@]2(C(F)F)NO[C@@H]3C[C@@H]32)c1F. The van der Waals surface area contributed by atoms with Gasteiger partial charge in [0, 0.05) is 16.0 Å². The molecule has 0 bridgehead atoms. The van der Waals surface area contributed by atoms with Crippen molar-refractivity contribution in [3.05, 3.63) is 33.5 Å². The number of hydrogen-bond donors (Lipinski definition) is 1. The lowest BCUT2D eigenvalue weighted by molar-refractivity contribution is -0.0567. The molecule has 18 heavy (non-hydrogen) atoms. The van der Waals surface area contributed by atoms with E-state index in [9.17, 15) is 13.2 Å². The van der Waals surface area contributed by atoms with E-state index in [-0.39, 0.29) is 17.6 Å². The summed E-state index contributed by atoms with van der Waals surface area (Å²) in [5, 5.41) is 0. The highest BCUT2D eigenvalue weighted by Crippen LogP contribution is 2.56. The van der Waals surface area contributed by atoms with Crippen molar-refractivity contribution in [1.82, 2.24) is 5.48 Å². The van der Waals surface area contributed by atoms with Gasteiger partial charge in [0.05, 0.1) is 6.10 Å². The smallest absolute Gasteiger partial charge is 0.263 e. The summed E-state index contributed by atoms with van der Waals surface area (Å²) in [5.41, 5.74) is 0.970. The molecule has 1 aromatic carbocycles. The first-order chi connectivity index (χ1) is 8.46. The summed E-state index contributed by atoms with van der Waals surface area (Å²) in [4.78, 5) is 5.08. The van der Waals surface area contributed by atoms with Crippen LogP contribution < -0.4 is 5.48 Å². The Kier molecular flexibility index (Phi) is 2.73. The van der Waals surface area contributed by atoms with Gasteiger partial charge in [-0.1, -0.05) is 15.9 Å². The Morgan fingerprint density at radius 1 is 1.50 bits per heavy atom. The average Bonchev–Trinajstić information content (AvgIpc) is 2.98. The first-order valence-corrected chi connectivity index (χ1v) is 6.43. The zero-order valence-electron chi connectivity index (χ0n) is 9.51. The maximum Gasteiger partial charge on any atom is 0.263 e. The standard InChI is InChI=1S/C12H11BrF3NO/c1-5-2-6(13)3-8(10(5)14)12(11(15)16)7-4-9(7)18-17-12/h2-3,7,9,11,17H,4H2,1H3/t7-,9+,12-/m0/s1. The van der Waals surface area contributed by atoms with Crippen LogP contribution in [0, 0.1) is 18.7 Å². The van der Waals surface area contributed by atoms with E-state index < -0.39 is 17.8 Å². The normalized spacial score (nSPS) is 33.9. The number of hydroxylamine groups is 1. The van der Waals surface area contributed by atoms with Crippen molar-refractivity contribution in [2.45, 2.75) is 31.4 Å². The summed E-state index contributed by atoms with van der Waals surface area (Å²) in [6.45, 7) is 1.56. The molecule has 0 amide bonds. The summed E-state index contributed by atoms with van der Waals surface area (Å²) >= 11 is 3.22. The first kappa shape index (κ1) is 12.4. The van der Waals surface area contributed by atoms with Crippen LogP contribution in [0.5, 0.6) is 0 Å². The zero-order chi connectivity index (χ0) is 13.1. The van der Waals surface area contributed by atoms with Crippen LogP contribution in [0.2, 0.25) is 0 Å². The second-order valence-electron chi connectivity index (χ2n) is 4.85. The highest BCUT2D eigenvalue weighted by atomic mass is 79.9. The van der Waals surface area contributed by atoms with Crippen LogP contribution >= 0.6 is 15.9 Å². The Labute approximate surface area is 111 Å². The number of alkyl halides is 2. The van der Waals surface area contributed by atoms with Crippen molar-refractivity contribution >= 4 is 15.9 Å². The Morgan fingerprint density at radius 2 is 2.22 bits per heavy atom. The Morgan fingerprint density at radius 3 is 2.72 bits per heavy atom. The molecule has 1 aliphatic carbocycles. The van der Waals surface area contributed by atoms with Crippen molar-refractivity contribution in [3.63, 3.8) is 0 Å². The lowest BCUT2D eigenvalue weighted by Gasteiger charge is -2.30. The van der Waals surface area contributed by atoms with E-state index in [2.05, 4.69) is 21.4 Å². The average molecular weight is 322 g/mol. The third-order valence-electron chi connectivity index (χ3n) is 3.71. The van der Waals surface area contributed by atoms with Crippen LogP contribution in [0.4, 0.5) is 13.2 Å². The minimum Gasteiger partial charge on any atom is -0.297 e. The fraction of sp³-hybridized carbons (Fsp3) is 0.500. The third-order valence-corrected chi connectivity index (χ3v) is 4.16. The predicted octanol–water partition coefficient (Wildman–Crippen LogP) is 3.28. The number of halogens is 4. The molecule has 0 aromatic heterocycles. The van der Waals surface area contributed by atoms with Gasteiger partial charge in [-0.3, -0.25) is 4.84 Å². The van der Waals surface area contributed by atoms with Gasteiger partial charge in [-0.25, -0.2) is 13.2 Å². The maximum absolute atomic E-state index is 14.2. The van der Waals surface area contributed by atoms with Crippen molar-refractivity contribution in [2.24, 2.45) is 5.92 Å². The summed E-state index contributed by atoms with van der Waals surface area (Å²) < 4.78 is 41.7. The van der Waals surface area contributed by atoms with Gasteiger partial charge in [0.2, 0.25) is 0 Å². The largest absolute Gasteiger partial charge is 0.297 e. The molecule has 3 atom stereocenters. The molecule has 6 heteroatoms. The Bertz CT molecular complexity index is 510. The summed E-state index contributed by atoms with van der Waals surface area (Å²) in [7, 11) is 0. The quantitative estimate of drug-likeness (QED) is 0.902. The van der Waals surface area contributed by atoms with Gasteiger partial charge in [0.15, 0.2) is 0 Å². The van der Waals surface area contributed by atoms with E-state index in [0.717, 1.165) is 0 Å². The van der Waals surface area contributed by atoms with Gasteiger partial charge in [0.1, 0.15) is 11.4 Å². The summed E-state index contributed by atoms with van der Waals surface area (Å²) in [5.74, 6) is -0.956. The minimum absolute atomic E-state index is 0.0191. The minimum atomic E-state index is -2.72. The van der Waals surface area contributed by atoms with Crippen molar-refractivity contribution in [3.8, 4) is 0 Å². The van der Waals surface area contributed by atoms with Crippen molar-refractivity contribution in [2.75, 3.05) is 0 Å². The topological polar surface area (TPSA) is 21.3 Å².